The van der Waals surface area contributed by atoms with Crippen molar-refractivity contribution >= 4 is 28.9 Å². The van der Waals surface area contributed by atoms with Gasteiger partial charge in [0.2, 0.25) is 0 Å². The molecule has 0 atom stereocenters. The van der Waals surface area contributed by atoms with Crippen LogP contribution >= 0.6 is 11.3 Å². The molecule has 1 saturated heterocycles. The van der Waals surface area contributed by atoms with Crippen molar-refractivity contribution in [2.24, 2.45) is 7.05 Å². The van der Waals surface area contributed by atoms with Gasteiger partial charge < -0.3 is 9.47 Å². The summed E-state index contributed by atoms with van der Waals surface area (Å²) in [5.41, 5.74) is 1.88. The van der Waals surface area contributed by atoms with Crippen molar-refractivity contribution < 1.29 is 4.79 Å². The summed E-state index contributed by atoms with van der Waals surface area (Å²) in [6, 6.07) is 9.80. The van der Waals surface area contributed by atoms with Crippen LogP contribution in [0.1, 0.15) is 24.0 Å². The molecule has 3 rings (SSSR count). The molecule has 2 heterocycles. The summed E-state index contributed by atoms with van der Waals surface area (Å²) in [7, 11) is 1.61. The van der Waals surface area contributed by atoms with Gasteiger partial charge in [0.05, 0.1) is 4.53 Å². The molecule has 1 amide bonds. The maximum atomic E-state index is 12.6. The van der Waals surface area contributed by atoms with E-state index in [1.54, 1.807) is 11.9 Å². The van der Waals surface area contributed by atoms with Gasteiger partial charge in [0.15, 0.2) is 5.57 Å². The molecule has 1 aromatic carbocycles. The van der Waals surface area contributed by atoms with E-state index < -0.39 is 0 Å². The molecule has 1 aromatic heterocycles. The van der Waals surface area contributed by atoms with E-state index in [9.17, 15) is 14.9 Å². The molecule has 0 saturated carbocycles. The number of benzene rings is 1. The number of aromatic nitrogens is 1. The normalized spacial score (nSPS) is 16.0. The van der Waals surface area contributed by atoms with Gasteiger partial charge in [-0.1, -0.05) is 24.3 Å². The van der Waals surface area contributed by atoms with Crippen molar-refractivity contribution in [2.45, 2.75) is 19.8 Å². The molecule has 1 aliphatic rings. The minimum Gasteiger partial charge on any atom is -0.338 e. The fourth-order valence-corrected chi connectivity index (χ4v) is 4.01. The maximum Gasteiger partial charge on any atom is 0.268 e. The fraction of sp³-hybridized carbons (Fsp3) is 0.316. The van der Waals surface area contributed by atoms with Crippen molar-refractivity contribution in [1.29, 1.82) is 5.26 Å². The number of hydrogen-bond acceptors (Lipinski definition) is 4. The predicted octanol–water partition coefficient (Wildman–Crippen LogP) is 0.881. The molecule has 0 aliphatic carbocycles. The van der Waals surface area contributed by atoms with E-state index in [1.165, 1.54) is 15.9 Å². The number of carbonyl (C=O) groups is 1. The lowest BCUT2D eigenvalue weighted by Gasteiger charge is -2.13. The molecule has 1 aliphatic heterocycles. The van der Waals surface area contributed by atoms with E-state index in [2.05, 4.69) is 0 Å². The number of nitriles is 1. The third-order valence-electron chi connectivity index (χ3n) is 4.43. The Hall–Kier alpha value is -2.65. The first-order chi connectivity index (χ1) is 12.0. The largest absolute Gasteiger partial charge is 0.338 e. The van der Waals surface area contributed by atoms with Gasteiger partial charge in [0.25, 0.3) is 11.5 Å². The van der Waals surface area contributed by atoms with Gasteiger partial charge in [-0.2, -0.15) is 5.26 Å². The zero-order valence-electron chi connectivity index (χ0n) is 14.3. The first-order valence-electron chi connectivity index (χ1n) is 8.20. The van der Waals surface area contributed by atoms with Gasteiger partial charge in [-0.15, -0.1) is 11.3 Å². The molecule has 2 aromatic rings. The van der Waals surface area contributed by atoms with Crippen LogP contribution in [-0.2, 0) is 11.8 Å². The number of thiazole rings is 1. The third-order valence-corrected chi connectivity index (χ3v) is 5.62. The Morgan fingerprint density at radius 2 is 1.96 bits per heavy atom. The summed E-state index contributed by atoms with van der Waals surface area (Å²) in [6.07, 6.45) is 3.74. The summed E-state index contributed by atoms with van der Waals surface area (Å²) < 4.78 is 2.35. The molecular formula is C19H19N3O2S. The van der Waals surface area contributed by atoms with Crippen LogP contribution in [-0.4, -0.2) is 28.5 Å². The highest BCUT2D eigenvalue weighted by atomic mass is 32.1. The van der Waals surface area contributed by atoms with Crippen LogP contribution in [0.4, 0.5) is 0 Å². The van der Waals surface area contributed by atoms with Crippen LogP contribution < -0.4 is 14.8 Å². The van der Waals surface area contributed by atoms with Crippen LogP contribution in [0.5, 0.6) is 0 Å². The molecule has 6 heteroatoms. The summed E-state index contributed by atoms with van der Waals surface area (Å²) in [4.78, 5) is 26.9. The molecule has 5 nitrogen and oxygen atoms in total. The van der Waals surface area contributed by atoms with Gasteiger partial charge >= 0.3 is 0 Å². The summed E-state index contributed by atoms with van der Waals surface area (Å²) in [6.45, 7) is 3.33. The number of rotatable bonds is 2. The number of nitrogens with zero attached hydrogens (tertiary/aromatic N) is 3. The van der Waals surface area contributed by atoms with Crippen molar-refractivity contribution in [1.82, 2.24) is 9.47 Å². The maximum absolute atomic E-state index is 12.6. The SMILES string of the molecule is Cc1ccccc1C=c1sc(=C(C#N)C(=O)N2CCCC2)n(C)c1=O. The van der Waals surface area contributed by atoms with E-state index in [4.69, 9.17) is 0 Å². The molecule has 0 N–H and O–H groups in total. The van der Waals surface area contributed by atoms with Gasteiger partial charge in [-0.3, -0.25) is 9.59 Å². The van der Waals surface area contributed by atoms with Gasteiger partial charge in [0.1, 0.15) is 10.7 Å². The predicted molar refractivity (Wildman–Crippen MR) is 98.4 cm³/mol. The Labute approximate surface area is 149 Å². The number of carbonyl (C=O) groups excluding carboxylic acids is 1. The second-order valence-electron chi connectivity index (χ2n) is 6.12. The first-order valence-corrected chi connectivity index (χ1v) is 9.01. The highest BCUT2D eigenvalue weighted by Crippen LogP contribution is 2.11. The van der Waals surface area contributed by atoms with Gasteiger partial charge in [-0.05, 0) is 37.0 Å². The van der Waals surface area contributed by atoms with Gasteiger partial charge in [-0.25, -0.2) is 0 Å². The molecule has 1 fully saturated rings. The first kappa shape index (κ1) is 17.2. The van der Waals surface area contributed by atoms with E-state index in [0.717, 1.165) is 24.0 Å². The van der Waals surface area contributed by atoms with Gasteiger partial charge in [0, 0.05) is 20.1 Å². The number of aryl methyl sites for hydroxylation is 1. The minimum absolute atomic E-state index is 0.0518. The van der Waals surface area contributed by atoms with Crippen LogP contribution in [0.15, 0.2) is 29.1 Å². The van der Waals surface area contributed by atoms with E-state index in [0.29, 0.717) is 22.3 Å². The standard InChI is InChI=1S/C19H19N3O2S/c1-13-7-3-4-8-14(13)11-16-18(24)21(2)19(25-16)15(12-20)17(23)22-9-5-6-10-22/h3-4,7-8,11H,5-6,9-10H2,1-2H3. The Kier molecular flexibility index (Phi) is 4.86. The molecule has 0 bridgehead atoms. The van der Waals surface area contributed by atoms with Crippen molar-refractivity contribution in [3.8, 4) is 6.07 Å². The van der Waals surface area contributed by atoms with Crippen LogP contribution in [0, 0.1) is 18.3 Å². The monoisotopic (exact) mass is 353 g/mol. The topological polar surface area (TPSA) is 66.1 Å². The van der Waals surface area contributed by atoms with Crippen LogP contribution in [0.2, 0.25) is 0 Å². The molecule has 0 unspecified atom stereocenters. The van der Waals surface area contributed by atoms with E-state index in [-0.39, 0.29) is 17.0 Å². The fourth-order valence-electron chi connectivity index (χ4n) is 2.94. The molecule has 0 spiro atoms. The lowest BCUT2D eigenvalue weighted by atomic mass is 10.1. The Bertz CT molecular complexity index is 1030. The zero-order valence-corrected chi connectivity index (χ0v) is 15.1. The zero-order chi connectivity index (χ0) is 18.0. The third kappa shape index (κ3) is 3.28. The van der Waals surface area contributed by atoms with E-state index >= 15 is 0 Å². The van der Waals surface area contributed by atoms with Crippen molar-refractivity contribution in [2.75, 3.05) is 13.1 Å². The van der Waals surface area contributed by atoms with Crippen molar-refractivity contribution in [3.05, 3.63) is 54.9 Å². The smallest absolute Gasteiger partial charge is 0.268 e. The second kappa shape index (κ2) is 7.08. The number of amides is 1. The quantitative estimate of drug-likeness (QED) is 0.805. The Morgan fingerprint density at radius 3 is 2.60 bits per heavy atom. The molecule has 25 heavy (non-hydrogen) atoms. The number of hydrogen-bond donors (Lipinski definition) is 0. The highest BCUT2D eigenvalue weighted by molar-refractivity contribution is 7.07. The number of likely N-dealkylation sites (tertiary alicyclic amines) is 1. The summed E-state index contributed by atoms with van der Waals surface area (Å²) in [5.74, 6) is -0.278. The van der Waals surface area contributed by atoms with Crippen molar-refractivity contribution in [3.63, 3.8) is 0 Å². The second-order valence-corrected chi connectivity index (χ2v) is 7.15. The minimum atomic E-state index is -0.278. The summed E-state index contributed by atoms with van der Waals surface area (Å²) in [5, 5.41) is 9.52. The highest BCUT2D eigenvalue weighted by Gasteiger charge is 2.23. The van der Waals surface area contributed by atoms with Crippen LogP contribution in [0.3, 0.4) is 0 Å². The molecule has 128 valence electrons. The summed E-state index contributed by atoms with van der Waals surface area (Å²) >= 11 is 1.20. The molecular weight excluding hydrogens is 334 g/mol. The average Bonchev–Trinajstić information content (AvgIpc) is 3.23. The van der Waals surface area contributed by atoms with Crippen LogP contribution in [0.25, 0.3) is 11.6 Å². The Morgan fingerprint density at radius 1 is 1.28 bits per heavy atom. The Balaban J connectivity index is 2.18. The lowest BCUT2D eigenvalue weighted by Crippen LogP contribution is -2.34. The average molecular weight is 353 g/mol. The molecule has 0 radical (unpaired) electrons. The van der Waals surface area contributed by atoms with E-state index in [1.807, 2.05) is 43.3 Å². The lowest BCUT2D eigenvalue weighted by molar-refractivity contribution is -0.123.